The van der Waals surface area contributed by atoms with Crippen molar-refractivity contribution in [1.82, 2.24) is 5.32 Å². The molecule has 1 N–H and O–H groups in total. The third kappa shape index (κ3) is 4.32. The number of hydrogen-bond donors (Lipinski definition) is 1. The minimum Gasteiger partial charge on any atom is -0.493 e. The summed E-state index contributed by atoms with van der Waals surface area (Å²) in [6.07, 6.45) is 0. The number of ketones is 1. The first-order valence-corrected chi connectivity index (χ1v) is 12.7. The normalized spacial score (nSPS) is 16.2. The molecule has 1 atom stereocenters. The molecular formula is C29H23BrClNO5. The van der Waals surface area contributed by atoms with Crippen LogP contribution in [0.1, 0.15) is 39.9 Å². The largest absolute Gasteiger partial charge is 0.493 e. The van der Waals surface area contributed by atoms with E-state index in [2.05, 4.69) is 21.2 Å². The van der Waals surface area contributed by atoms with Gasteiger partial charge in [0.2, 0.25) is 0 Å². The van der Waals surface area contributed by atoms with Crippen molar-refractivity contribution in [2.24, 2.45) is 0 Å². The van der Waals surface area contributed by atoms with E-state index in [-0.39, 0.29) is 12.4 Å². The number of carbonyl (C=O) groups excluding carboxylic acids is 2. The lowest BCUT2D eigenvalue weighted by Gasteiger charge is -2.29. The van der Waals surface area contributed by atoms with Crippen molar-refractivity contribution in [2.45, 2.75) is 19.4 Å². The van der Waals surface area contributed by atoms with Gasteiger partial charge in [0.05, 0.1) is 30.0 Å². The highest BCUT2D eigenvalue weighted by atomic mass is 79.9. The molecule has 1 heterocycles. The lowest BCUT2D eigenvalue weighted by Crippen LogP contribution is -2.29. The number of rotatable bonds is 6. The van der Waals surface area contributed by atoms with Crippen LogP contribution in [0.5, 0.6) is 11.5 Å². The van der Waals surface area contributed by atoms with Gasteiger partial charge in [0.25, 0.3) is 0 Å². The molecule has 8 heteroatoms. The zero-order valence-electron chi connectivity index (χ0n) is 20.4. The summed E-state index contributed by atoms with van der Waals surface area (Å²) >= 11 is 9.91. The van der Waals surface area contributed by atoms with Crippen molar-refractivity contribution < 1.29 is 23.8 Å². The first-order chi connectivity index (χ1) is 17.8. The summed E-state index contributed by atoms with van der Waals surface area (Å²) in [5, 5.41) is 3.89. The molecule has 1 aliphatic carbocycles. The maximum atomic E-state index is 13.6. The van der Waals surface area contributed by atoms with Crippen molar-refractivity contribution >= 4 is 45.0 Å². The molecule has 0 bridgehead atoms. The number of esters is 1. The number of carbonyl (C=O) groups is 2. The van der Waals surface area contributed by atoms with Crippen molar-refractivity contribution in [2.75, 3.05) is 14.2 Å². The van der Waals surface area contributed by atoms with Crippen LogP contribution in [0.4, 0.5) is 0 Å². The van der Waals surface area contributed by atoms with E-state index in [0.717, 1.165) is 11.1 Å². The highest BCUT2D eigenvalue weighted by molar-refractivity contribution is 9.10. The molecular weight excluding hydrogens is 558 g/mol. The van der Waals surface area contributed by atoms with Crippen LogP contribution in [0, 0.1) is 0 Å². The molecule has 3 aromatic carbocycles. The quantitative estimate of drug-likeness (QED) is 0.339. The number of dihydropyridines is 1. The van der Waals surface area contributed by atoms with Crippen LogP contribution in [0.15, 0.2) is 82.0 Å². The second-order valence-corrected chi connectivity index (χ2v) is 9.93. The number of nitrogens with one attached hydrogen (secondary N) is 1. The van der Waals surface area contributed by atoms with Gasteiger partial charge in [0.1, 0.15) is 6.61 Å². The highest BCUT2D eigenvalue weighted by Crippen LogP contribution is 2.49. The van der Waals surface area contributed by atoms with Gasteiger partial charge in [-0.2, -0.15) is 0 Å². The summed E-state index contributed by atoms with van der Waals surface area (Å²) in [5.74, 6) is -0.394. The second kappa shape index (κ2) is 10.1. The first-order valence-electron chi connectivity index (χ1n) is 11.5. The van der Waals surface area contributed by atoms with Crippen molar-refractivity contribution in [1.29, 1.82) is 0 Å². The van der Waals surface area contributed by atoms with Gasteiger partial charge in [-0.15, -0.1) is 0 Å². The molecule has 0 radical (unpaired) electrons. The van der Waals surface area contributed by atoms with Gasteiger partial charge in [0.15, 0.2) is 17.3 Å². The standard InChI is InChI=1S/C29H23BrClNO5/c1-15-23(29(34)36-3)24(25-26(32-15)18-9-5-6-10-19(18)27(25)33)17-12-20(30)28(22(13-17)35-2)37-14-16-8-4-7-11-21(16)31/h4-13,24,32H,14H2,1-3H3/t24-/m1/s1. The predicted octanol–water partition coefficient (Wildman–Crippen LogP) is 6.43. The Morgan fingerprint density at radius 2 is 1.76 bits per heavy atom. The number of halogens is 2. The molecule has 6 nitrogen and oxygen atoms in total. The van der Waals surface area contributed by atoms with Gasteiger partial charge in [0, 0.05) is 38.9 Å². The maximum absolute atomic E-state index is 13.6. The van der Waals surface area contributed by atoms with Gasteiger partial charge in [-0.05, 0) is 46.6 Å². The Balaban J connectivity index is 1.61. The third-order valence-corrected chi connectivity index (χ3v) is 7.53. The molecule has 0 fully saturated rings. The van der Waals surface area contributed by atoms with E-state index in [9.17, 15) is 9.59 Å². The Hall–Kier alpha value is -3.55. The molecule has 3 aromatic rings. The molecule has 188 valence electrons. The van der Waals surface area contributed by atoms with Crippen molar-refractivity contribution in [3.63, 3.8) is 0 Å². The Morgan fingerprint density at radius 1 is 1.05 bits per heavy atom. The maximum Gasteiger partial charge on any atom is 0.336 e. The van der Waals surface area contributed by atoms with E-state index < -0.39 is 11.9 Å². The molecule has 37 heavy (non-hydrogen) atoms. The monoisotopic (exact) mass is 579 g/mol. The topological polar surface area (TPSA) is 73.9 Å². The number of Topliss-reactive ketones (excluding diaryl/α,β-unsaturated/α-hetero) is 1. The number of ether oxygens (including phenoxy) is 3. The summed E-state index contributed by atoms with van der Waals surface area (Å²) in [7, 11) is 2.87. The smallest absolute Gasteiger partial charge is 0.336 e. The molecule has 0 saturated carbocycles. The van der Waals surface area contributed by atoms with Gasteiger partial charge in [-0.1, -0.05) is 54.1 Å². The van der Waals surface area contributed by atoms with Crippen LogP contribution >= 0.6 is 27.5 Å². The Labute approximate surface area is 228 Å². The molecule has 0 spiro atoms. The number of hydrogen-bond acceptors (Lipinski definition) is 6. The van der Waals surface area contributed by atoms with Gasteiger partial charge in [-0.25, -0.2) is 4.79 Å². The van der Waals surface area contributed by atoms with Gasteiger partial charge in [-0.3, -0.25) is 4.79 Å². The fraction of sp³-hybridized carbons (Fsp3) is 0.172. The van der Waals surface area contributed by atoms with E-state index in [0.29, 0.717) is 54.7 Å². The van der Waals surface area contributed by atoms with Crippen molar-refractivity contribution in [3.05, 3.63) is 109 Å². The SMILES string of the molecule is COC(=O)C1=C(C)NC2=C(C(=O)c3ccccc32)[C@@H]1c1cc(Br)c(OCc2ccccc2Cl)c(OC)c1. The first kappa shape index (κ1) is 25.1. The number of allylic oxidation sites excluding steroid dienone is 2. The molecule has 0 aromatic heterocycles. The molecule has 2 aliphatic rings. The minimum absolute atomic E-state index is 0.133. The minimum atomic E-state index is -0.675. The summed E-state index contributed by atoms with van der Waals surface area (Å²) < 4.78 is 17.5. The van der Waals surface area contributed by atoms with Gasteiger partial charge < -0.3 is 19.5 Å². The summed E-state index contributed by atoms with van der Waals surface area (Å²) in [6, 6.07) is 18.5. The lowest BCUT2D eigenvalue weighted by atomic mass is 9.79. The average molecular weight is 581 g/mol. The van der Waals surface area contributed by atoms with Gasteiger partial charge >= 0.3 is 5.97 Å². The van der Waals surface area contributed by atoms with E-state index >= 15 is 0 Å². The molecule has 0 unspecified atom stereocenters. The molecule has 1 aliphatic heterocycles. The lowest BCUT2D eigenvalue weighted by molar-refractivity contribution is -0.136. The van der Waals surface area contributed by atoms with Crippen molar-refractivity contribution in [3.8, 4) is 11.5 Å². The van der Waals surface area contributed by atoms with E-state index in [1.165, 1.54) is 7.11 Å². The van der Waals surface area contributed by atoms with Crippen LogP contribution in [0.25, 0.3) is 5.70 Å². The number of fused-ring (bicyclic) bond motifs is 2. The van der Waals surface area contributed by atoms with E-state index in [4.69, 9.17) is 25.8 Å². The van der Waals surface area contributed by atoms with E-state index in [1.807, 2.05) is 49.4 Å². The predicted molar refractivity (Wildman–Crippen MR) is 145 cm³/mol. The summed E-state index contributed by atoms with van der Waals surface area (Å²) in [4.78, 5) is 26.6. The second-order valence-electron chi connectivity index (χ2n) is 8.67. The molecule has 5 rings (SSSR count). The zero-order valence-corrected chi connectivity index (χ0v) is 22.7. The van der Waals surface area contributed by atoms with Crippen LogP contribution in [-0.4, -0.2) is 26.0 Å². The van der Waals surface area contributed by atoms with Crippen LogP contribution in [0.2, 0.25) is 5.02 Å². The number of methoxy groups -OCH3 is 2. The van der Waals surface area contributed by atoms with Crippen LogP contribution in [-0.2, 0) is 16.1 Å². The van der Waals surface area contributed by atoms with E-state index in [1.54, 1.807) is 25.3 Å². The zero-order chi connectivity index (χ0) is 26.3. The fourth-order valence-electron chi connectivity index (χ4n) is 4.85. The Bertz CT molecular complexity index is 1510. The fourth-order valence-corrected chi connectivity index (χ4v) is 5.62. The van der Waals surface area contributed by atoms with Crippen LogP contribution in [0.3, 0.4) is 0 Å². The summed E-state index contributed by atoms with van der Waals surface area (Å²) in [6.45, 7) is 2.04. The molecule has 0 amide bonds. The molecule has 0 saturated heterocycles. The Morgan fingerprint density at radius 3 is 2.46 bits per heavy atom. The third-order valence-electron chi connectivity index (χ3n) is 6.57. The Kier molecular flexibility index (Phi) is 6.84. The van der Waals surface area contributed by atoms with Crippen LogP contribution < -0.4 is 14.8 Å². The highest BCUT2D eigenvalue weighted by Gasteiger charge is 2.43. The average Bonchev–Trinajstić information content (AvgIpc) is 3.18. The summed E-state index contributed by atoms with van der Waals surface area (Å²) in [5.41, 5.74) is 5.09. The number of benzene rings is 3.